The van der Waals surface area contributed by atoms with E-state index in [1.807, 2.05) is 20.8 Å². The van der Waals surface area contributed by atoms with Crippen LogP contribution in [-0.4, -0.2) is 33.6 Å². The summed E-state index contributed by atoms with van der Waals surface area (Å²) in [5.74, 6) is 0.254. The molecular weight excluding hydrogens is 444 g/mol. The molecule has 1 unspecified atom stereocenters. The summed E-state index contributed by atoms with van der Waals surface area (Å²) in [7, 11) is 0. The van der Waals surface area contributed by atoms with Crippen molar-refractivity contribution in [1.82, 2.24) is 0 Å². The summed E-state index contributed by atoms with van der Waals surface area (Å²) in [6.45, 7) is 8.11. The molecule has 0 aromatic heterocycles. The standard InChI is InChI=1S/C29H56O4S/c1-5-6-7-8-9-10-11-12-13-14-17-20-23-26(28(32)33-29(2,3)4)34-25-22-19-16-15-18-21-24-27(30)31/h26H,5-25H2,1-4H3,(H,30,31). The van der Waals surface area contributed by atoms with Crippen LogP contribution < -0.4 is 0 Å². The molecule has 34 heavy (non-hydrogen) atoms. The third kappa shape index (κ3) is 24.4. The van der Waals surface area contributed by atoms with E-state index in [9.17, 15) is 9.59 Å². The van der Waals surface area contributed by atoms with Crippen LogP contribution in [0.25, 0.3) is 0 Å². The number of hydrogen-bond donors (Lipinski definition) is 1. The van der Waals surface area contributed by atoms with Crippen molar-refractivity contribution in [3.05, 3.63) is 0 Å². The second-order valence-electron chi connectivity index (χ2n) is 10.8. The van der Waals surface area contributed by atoms with E-state index in [0.29, 0.717) is 0 Å². The van der Waals surface area contributed by atoms with Crippen molar-refractivity contribution < 1.29 is 19.4 Å². The lowest BCUT2D eigenvalue weighted by Crippen LogP contribution is -2.30. The van der Waals surface area contributed by atoms with E-state index < -0.39 is 11.6 Å². The van der Waals surface area contributed by atoms with Gasteiger partial charge in [0.05, 0.1) is 0 Å². The molecule has 0 saturated heterocycles. The molecule has 0 fully saturated rings. The molecule has 0 saturated carbocycles. The van der Waals surface area contributed by atoms with Crippen LogP contribution in [0, 0.1) is 0 Å². The Morgan fingerprint density at radius 1 is 0.706 bits per heavy atom. The first-order valence-electron chi connectivity index (χ1n) is 14.3. The number of aliphatic carboxylic acids is 1. The first-order chi connectivity index (χ1) is 16.3. The van der Waals surface area contributed by atoms with Gasteiger partial charge >= 0.3 is 11.9 Å². The van der Waals surface area contributed by atoms with Gasteiger partial charge in [-0.25, -0.2) is 0 Å². The molecule has 0 spiro atoms. The number of unbranched alkanes of at least 4 members (excludes halogenated alkanes) is 16. The quantitative estimate of drug-likeness (QED) is 0.106. The van der Waals surface area contributed by atoms with Gasteiger partial charge in [-0.3, -0.25) is 9.59 Å². The molecule has 0 aromatic carbocycles. The van der Waals surface area contributed by atoms with Crippen molar-refractivity contribution in [1.29, 1.82) is 0 Å². The van der Waals surface area contributed by atoms with Crippen LogP contribution in [0.4, 0.5) is 0 Å². The lowest BCUT2D eigenvalue weighted by Gasteiger charge is -2.24. The summed E-state index contributed by atoms with van der Waals surface area (Å²) in [5.41, 5.74) is -0.428. The minimum absolute atomic E-state index is 0.0436. The fraction of sp³-hybridized carbons (Fsp3) is 0.931. The summed E-state index contributed by atoms with van der Waals surface area (Å²) in [5, 5.41) is 8.63. The van der Waals surface area contributed by atoms with E-state index >= 15 is 0 Å². The van der Waals surface area contributed by atoms with Crippen molar-refractivity contribution in [2.24, 2.45) is 0 Å². The maximum Gasteiger partial charge on any atom is 0.319 e. The highest BCUT2D eigenvalue weighted by Gasteiger charge is 2.25. The van der Waals surface area contributed by atoms with Gasteiger partial charge in [-0.2, -0.15) is 0 Å². The molecule has 0 bridgehead atoms. The summed E-state index contributed by atoms with van der Waals surface area (Å²) >= 11 is 1.77. The number of ether oxygens (including phenoxy) is 1. The molecular formula is C29H56O4S. The lowest BCUT2D eigenvalue weighted by molar-refractivity contribution is -0.154. The number of rotatable bonds is 24. The van der Waals surface area contributed by atoms with E-state index in [0.717, 1.165) is 57.1 Å². The summed E-state index contributed by atoms with van der Waals surface area (Å²) in [6, 6.07) is 0. The molecule has 1 N–H and O–H groups in total. The number of esters is 1. The first-order valence-corrected chi connectivity index (χ1v) is 15.4. The molecule has 0 rings (SSSR count). The Morgan fingerprint density at radius 2 is 1.15 bits per heavy atom. The van der Waals surface area contributed by atoms with Gasteiger partial charge in [0.15, 0.2) is 0 Å². The molecule has 202 valence electrons. The van der Waals surface area contributed by atoms with E-state index in [-0.39, 0.29) is 17.6 Å². The monoisotopic (exact) mass is 500 g/mol. The van der Waals surface area contributed by atoms with Crippen LogP contribution in [0.1, 0.15) is 156 Å². The van der Waals surface area contributed by atoms with Crippen molar-refractivity contribution in [3.8, 4) is 0 Å². The van der Waals surface area contributed by atoms with Crippen molar-refractivity contribution in [2.75, 3.05) is 5.75 Å². The maximum absolute atomic E-state index is 12.7. The van der Waals surface area contributed by atoms with Crippen LogP contribution in [0.2, 0.25) is 0 Å². The van der Waals surface area contributed by atoms with Crippen LogP contribution in [0.5, 0.6) is 0 Å². The Bertz CT molecular complexity index is 487. The zero-order valence-electron chi connectivity index (χ0n) is 23.0. The van der Waals surface area contributed by atoms with Crippen LogP contribution in [-0.2, 0) is 14.3 Å². The molecule has 0 amide bonds. The van der Waals surface area contributed by atoms with Gasteiger partial charge < -0.3 is 9.84 Å². The fourth-order valence-electron chi connectivity index (χ4n) is 4.12. The highest BCUT2D eigenvalue weighted by atomic mass is 32.2. The van der Waals surface area contributed by atoms with E-state index in [1.54, 1.807) is 11.8 Å². The molecule has 0 radical (unpaired) electrons. The number of carboxylic acid groups (broad SMARTS) is 1. The van der Waals surface area contributed by atoms with Gasteiger partial charge in [-0.1, -0.05) is 110 Å². The molecule has 0 aromatic rings. The predicted octanol–water partition coefficient (Wildman–Crippen LogP) is 9.34. The lowest BCUT2D eigenvalue weighted by atomic mass is 10.0. The smallest absolute Gasteiger partial charge is 0.319 e. The minimum atomic E-state index is -0.697. The van der Waals surface area contributed by atoms with Gasteiger partial charge in [0.25, 0.3) is 0 Å². The zero-order chi connectivity index (χ0) is 25.5. The predicted molar refractivity (Wildman–Crippen MR) is 148 cm³/mol. The Morgan fingerprint density at radius 3 is 1.62 bits per heavy atom. The third-order valence-corrected chi connectivity index (χ3v) is 7.45. The largest absolute Gasteiger partial charge is 0.481 e. The molecule has 5 heteroatoms. The van der Waals surface area contributed by atoms with Gasteiger partial charge in [0.1, 0.15) is 10.9 Å². The van der Waals surface area contributed by atoms with Crippen LogP contribution in [0.15, 0.2) is 0 Å². The number of thioether (sulfide) groups is 1. The van der Waals surface area contributed by atoms with Crippen molar-refractivity contribution in [2.45, 2.75) is 167 Å². The summed E-state index contributed by atoms with van der Waals surface area (Å²) in [4.78, 5) is 23.2. The van der Waals surface area contributed by atoms with E-state index in [2.05, 4.69) is 6.92 Å². The van der Waals surface area contributed by atoms with Gasteiger partial charge in [-0.15, -0.1) is 11.8 Å². The topological polar surface area (TPSA) is 63.6 Å². The number of hydrogen-bond acceptors (Lipinski definition) is 4. The van der Waals surface area contributed by atoms with Crippen LogP contribution >= 0.6 is 11.8 Å². The Kier molecular flexibility index (Phi) is 22.3. The van der Waals surface area contributed by atoms with E-state index in [1.165, 1.54) is 70.6 Å². The maximum atomic E-state index is 12.7. The Balaban J connectivity index is 3.94. The zero-order valence-corrected chi connectivity index (χ0v) is 23.8. The van der Waals surface area contributed by atoms with Crippen molar-refractivity contribution >= 4 is 23.7 Å². The number of carbonyl (C=O) groups excluding carboxylic acids is 1. The third-order valence-electron chi connectivity index (χ3n) is 6.09. The van der Waals surface area contributed by atoms with Crippen molar-refractivity contribution in [3.63, 3.8) is 0 Å². The summed E-state index contributed by atoms with van der Waals surface area (Å²) in [6.07, 6.45) is 23.5. The molecule has 1 atom stereocenters. The van der Waals surface area contributed by atoms with Crippen LogP contribution in [0.3, 0.4) is 0 Å². The van der Waals surface area contributed by atoms with E-state index in [4.69, 9.17) is 9.84 Å². The number of carboxylic acids is 1. The average Bonchev–Trinajstić information content (AvgIpc) is 2.75. The molecule has 0 aliphatic rings. The highest BCUT2D eigenvalue weighted by Crippen LogP contribution is 2.24. The Hall–Kier alpha value is -0.710. The second-order valence-corrected chi connectivity index (χ2v) is 12.1. The fourth-order valence-corrected chi connectivity index (χ4v) is 5.29. The minimum Gasteiger partial charge on any atom is -0.481 e. The molecule has 0 heterocycles. The molecule has 4 nitrogen and oxygen atoms in total. The first kappa shape index (κ1) is 33.3. The highest BCUT2D eigenvalue weighted by molar-refractivity contribution is 8.00. The van der Waals surface area contributed by atoms with Gasteiger partial charge in [-0.05, 0) is 45.8 Å². The summed E-state index contributed by atoms with van der Waals surface area (Å²) < 4.78 is 5.69. The second kappa shape index (κ2) is 22.7. The van der Waals surface area contributed by atoms with Gasteiger partial charge in [0.2, 0.25) is 0 Å². The number of carbonyl (C=O) groups is 2. The molecule has 0 aliphatic heterocycles. The average molecular weight is 501 g/mol. The SMILES string of the molecule is CCCCCCCCCCCCCCC(SCCCCCCCCC(=O)O)C(=O)OC(C)(C)C. The normalized spacial score (nSPS) is 12.6. The van der Waals surface area contributed by atoms with Gasteiger partial charge in [0, 0.05) is 6.42 Å². The Labute approximate surface area is 215 Å². The molecule has 0 aliphatic carbocycles.